The summed E-state index contributed by atoms with van der Waals surface area (Å²) in [6.45, 7) is 1.63. The molecule has 1 aliphatic rings. The van der Waals surface area contributed by atoms with Gasteiger partial charge in [-0.15, -0.1) is 0 Å². The maximum absolute atomic E-state index is 12.8. The molecular weight excluding hydrogens is 410 g/mol. The van der Waals surface area contributed by atoms with Crippen LogP contribution in [0.25, 0.3) is 0 Å². The zero-order valence-electron chi connectivity index (χ0n) is 17.7. The van der Waals surface area contributed by atoms with Gasteiger partial charge in [-0.2, -0.15) is 0 Å². The normalized spacial score (nSPS) is 13.2. The van der Waals surface area contributed by atoms with Gasteiger partial charge in [-0.05, 0) is 30.5 Å². The van der Waals surface area contributed by atoms with Crippen LogP contribution in [0.3, 0.4) is 0 Å². The average molecular weight is 435 g/mol. The highest BCUT2D eigenvalue weighted by atomic mass is 16.3. The number of amides is 1. The maximum atomic E-state index is 12.8. The molecule has 0 spiro atoms. The molecule has 0 saturated carbocycles. The zero-order valence-corrected chi connectivity index (χ0v) is 17.7. The summed E-state index contributed by atoms with van der Waals surface area (Å²) in [5.74, 6) is -0.523. The van der Waals surface area contributed by atoms with E-state index in [-0.39, 0.29) is 34.3 Å². The van der Waals surface area contributed by atoms with Gasteiger partial charge in [-0.25, -0.2) is 0 Å². The summed E-state index contributed by atoms with van der Waals surface area (Å²) >= 11 is 0. The van der Waals surface area contributed by atoms with E-state index in [1.807, 2.05) is 30.3 Å². The summed E-state index contributed by atoms with van der Waals surface area (Å²) in [6, 6.07) is 14.2. The minimum atomic E-state index is -0.491. The molecule has 1 aliphatic heterocycles. The van der Waals surface area contributed by atoms with Crippen LogP contribution in [0.2, 0.25) is 0 Å². The summed E-state index contributed by atoms with van der Waals surface area (Å²) in [4.78, 5) is 39.9. The number of hydrogen-bond donors (Lipinski definition) is 4. The molecule has 4 N–H and O–H groups in total. The van der Waals surface area contributed by atoms with Crippen molar-refractivity contribution in [3.8, 4) is 5.75 Å². The number of aromatic hydroxyl groups is 1. The third kappa shape index (κ3) is 4.22. The molecule has 32 heavy (non-hydrogen) atoms. The lowest BCUT2D eigenvalue weighted by molar-refractivity contribution is 0.0790. The lowest BCUT2D eigenvalue weighted by atomic mass is 10.1. The van der Waals surface area contributed by atoms with Gasteiger partial charge in [0, 0.05) is 26.7 Å². The summed E-state index contributed by atoms with van der Waals surface area (Å²) in [6.07, 6.45) is 1.87. The molecule has 1 aromatic heterocycles. The zero-order chi connectivity index (χ0) is 22.7. The quantitative estimate of drug-likeness (QED) is 0.442. The van der Waals surface area contributed by atoms with E-state index in [0.29, 0.717) is 19.6 Å². The molecule has 3 aromatic rings. The third-order valence-electron chi connectivity index (χ3n) is 5.50. The summed E-state index contributed by atoms with van der Waals surface area (Å²) < 4.78 is 1.06. The Labute approximate surface area is 184 Å². The van der Waals surface area contributed by atoms with Crippen molar-refractivity contribution in [3.63, 3.8) is 0 Å². The number of carbonyl (C=O) groups is 1. The average Bonchev–Trinajstić information content (AvgIpc) is 3.33. The fourth-order valence-electron chi connectivity index (χ4n) is 3.76. The topological polar surface area (TPSA) is 119 Å². The number of likely N-dealkylation sites (tertiary alicyclic amines) is 1. The highest BCUT2D eigenvalue weighted by Gasteiger charge is 2.24. The number of carbonyl (C=O) groups excluding carboxylic acids is 1. The first-order valence-corrected chi connectivity index (χ1v) is 10.4. The number of para-hydroxylation sites is 1. The SMILES string of the molecule is Cn1[nH]c(=O)c(NCc2ccccc2)c(Nc2cccc(C(=O)N3CCCC3)c2O)c1=O. The van der Waals surface area contributed by atoms with Gasteiger partial charge < -0.3 is 20.6 Å². The maximum Gasteiger partial charge on any atom is 0.290 e. The fraction of sp³-hybridized carbons (Fsp3) is 0.261. The van der Waals surface area contributed by atoms with Gasteiger partial charge >= 0.3 is 0 Å². The Morgan fingerprint density at radius 1 is 1.03 bits per heavy atom. The first kappa shape index (κ1) is 21.2. The van der Waals surface area contributed by atoms with Crippen molar-refractivity contribution in [2.24, 2.45) is 7.05 Å². The van der Waals surface area contributed by atoms with Gasteiger partial charge in [0.1, 0.15) is 11.4 Å². The van der Waals surface area contributed by atoms with E-state index >= 15 is 0 Å². The number of H-pyrrole nitrogens is 1. The van der Waals surface area contributed by atoms with Crippen molar-refractivity contribution in [3.05, 3.63) is 80.4 Å². The highest BCUT2D eigenvalue weighted by molar-refractivity contribution is 5.99. The Morgan fingerprint density at radius 3 is 2.47 bits per heavy atom. The number of rotatable bonds is 6. The molecule has 4 rings (SSSR count). The molecule has 1 amide bonds. The van der Waals surface area contributed by atoms with E-state index in [0.717, 1.165) is 23.1 Å². The van der Waals surface area contributed by atoms with Gasteiger partial charge in [-0.3, -0.25) is 24.2 Å². The van der Waals surface area contributed by atoms with Crippen LogP contribution in [0, 0.1) is 0 Å². The molecule has 9 nitrogen and oxygen atoms in total. The van der Waals surface area contributed by atoms with Crippen LogP contribution in [0.1, 0.15) is 28.8 Å². The summed E-state index contributed by atoms with van der Waals surface area (Å²) in [7, 11) is 1.43. The molecule has 2 heterocycles. The Morgan fingerprint density at radius 2 is 1.75 bits per heavy atom. The van der Waals surface area contributed by atoms with Crippen LogP contribution in [-0.2, 0) is 13.6 Å². The molecule has 0 bridgehead atoms. The van der Waals surface area contributed by atoms with E-state index in [4.69, 9.17) is 0 Å². The van der Waals surface area contributed by atoms with Crippen molar-refractivity contribution in [1.29, 1.82) is 0 Å². The molecule has 0 unspecified atom stereocenters. The van der Waals surface area contributed by atoms with E-state index in [1.165, 1.54) is 7.05 Å². The van der Waals surface area contributed by atoms with Gasteiger partial charge in [0.05, 0.1) is 11.3 Å². The van der Waals surface area contributed by atoms with E-state index in [2.05, 4.69) is 15.7 Å². The van der Waals surface area contributed by atoms with Crippen LogP contribution in [0.5, 0.6) is 5.75 Å². The monoisotopic (exact) mass is 435 g/mol. The highest BCUT2D eigenvalue weighted by Crippen LogP contribution is 2.32. The number of nitrogens with one attached hydrogen (secondary N) is 3. The molecular formula is C23H25N5O4. The lowest BCUT2D eigenvalue weighted by Crippen LogP contribution is -2.32. The first-order chi connectivity index (χ1) is 15.5. The number of nitrogens with zero attached hydrogens (tertiary/aromatic N) is 2. The third-order valence-corrected chi connectivity index (χ3v) is 5.50. The Bertz CT molecular complexity index is 1240. The number of phenols is 1. The van der Waals surface area contributed by atoms with Crippen molar-refractivity contribution < 1.29 is 9.90 Å². The first-order valence-electron chi connectivity index (χ1n) is 10.4. The molecule has 9 heteroatoms. The molecule has 166 valence electrons. The predicted molar refractivity (Wildman–Crippen MR) is 123 cm³/mol. The van der Waals surface area contributed by atoms with Gasteiger partial charge in [0.15, 0.2) is 5.75 Å². The number of anilines is 3. The Kier molecular flexibility index (Phi) is 5.98. The standard InChI is InChI=1S/C23H25N5O4/c1-27-23(32)19(18(21(30)26-27)24-14-15-8-3-2-4-9-15)25-17-11-7-10-16(20(17)29)22(31)28-12-5-6-13-28/h2-4,7-11,24-25,29H,5-6,12-14H2,1H3,(H,26,30). The van der Waals surface area contributed by atoms with Gasteiger partial charge in [0.25, 0.3) is 17.0 Å². The number of phenolic OH excluding ortho intramolecular Hbond substituents is 1. The van der Waals surface area contributed by atoms with Crippen LogP contribution >= 0.6 is 0 Å². The minimum absolute atomic E-state index is 0.0201. The van der Waals surface area contributed by atoms with Crippen LogP contribution in [0.15, 0.2) is 58.1 Å². The van der Waals surface area contributed by atoms with Crippen molar-refractivity contribution in [2.75, 3.05) is 23.7 Å². The smallest absolute Gasteiger partial charge is 0.290 e. The molecule has 2 aromatic carbocycles. The molecule has 1 fully saturated rings. The second-order valence-electron chi connectivity index (χ2n) is 7.72. The number of aromatic amines is 1. The van der Waals surface area contributed by atoms with E-state index in [1.54, 1.807) is 23.1 Å². The molecule has 0 radical (unpaired) electrons. The summed E-state index contributed by atoms with van der Waals surface area (Å²) in [5, 5.41) is 19.1. The Balaban J connectivity index is 1.68. The van der Waals surface area contributed by atoms with Crippen LogP contribution in [0.4, 0.5) is 17.1 Å². The largest absolute Gasteiger partial charge is 0.505 e. The van der Waals surface area contributed by atoms with E-state index < -0.39 is 11.1 Å². The number of aryl methyl sites for hydroxylation is 1. The van der Waals surface area contributed by atoms with Gasteiger partial charge in [0.2, 0.25) is 0 Å². The van der Waals surface area contributed by atoms with Gasteiger partial charge in [-0.1, -0.05) is 36.4 Å². The fourth-order valence-corrected chi connectivity index (χ4v) is 3.76. The number of benzene rings is 2. The summed E-state index contributed by atoms with van der Waals surface area (Å²) in [5.41, 5.74) is 0.295. The number of hydrogen-bond acceptors (Lipinski definition) is 6. The number of aromatic nitrogens is 2. The lowest BCUT2D eigenvalue weighted by Gasteiger charge is -2.18. The minimum Gasteiger partial charge on any atom is -0.505 e. The van der Waals surface area contributed by atoms with Crippen LogP contribution < -0.4 is 21.8 Å². The predicted octanol–water partition coefficient (Wildman–Crippen LogP) is 2.37. The molecule has 0 aliphatic carbocycles. The van der Waals surface area contributed by atoms with Crippen molar-refractivity contribution >= 4 is 23.0 Å². The van der Waals surface area contributed by atoms with Crippen molar-refractivity contribution in [2.45, 2.75) is 19.4 Å². The molecule has 0 atom stereocenters. The van der Waals surface area contributed by atoms with Crippen LogP contribution in [-0.4, -0.2) is 38.8 Å². The second-order valence-corrected chi connectivity index (χ2v) is 7.72. The van der Waals surface area contributed by atoms with E-state index in [9.17, 15) is 19.5 Å². The Hall–Kier alpha value is -4.01. The molecule has 1 saturated heterocycles. The second kappa shape index (κ2) is 9.01. The van der Waals surface area contributed by atoms with Crippen molar-refractivity contribution in [1.82, 2.24) is 14.7 Å².